The van der Waals surface area contributed by atoms with E-state index in [4.69, 9.17) is 10.2 Å². The summed E-state index contributed by atoms with van der Waals surface area (Å²) in [6.45, 7) is 2.11. The van der Waals surface area contributed by atoms with E-state index in [1.54, 1.807) is 31.4 Å². The smallest absolute Gasteiger partial charge is 0.233 e. The topological polar surface area (TPSA) is 68.3 Å². The Kier molecular flexibility index (Phi) is 4.68. The fraction of sp³-hybridized carbons (Fsp3) is 0.214. The number of amides is 1. The van der Waals surface area contributed by atoms with Gasteiger partial charge in [-0.15, -0.1) is 11.8 Å². The van der Waals surface area contributed by atoms with E-state index < -0.39 is 0 Å². The summed E-state index contributed by atoms with van der Waals surface area (Å²) in [5.41, 5.74) is 6.05. The van der Waals surface area contributed by atoms with Gasteiger partial charge in [0.1, 0.15) is 11.6 Å². The third-order valence-electron chi connectivity index (χ3n) is 2.66. The molecule has 3 N–H and O–H groups in total. The summed E-state index contributed by atoms with van der Waals surface area (Å²) in [5, 5.41) is 2.43. The first-order valence-corrected chi connectivity index (χ1v) is 6.96. The second-order valence-corrected chi connectivity index (χ2v) is 5.62. The van der Waals surface area contributed by atoms with Gasteiger partial charge < -0.3 is 15.5 Å². The normalized spacial score (nSPS) is 12.1. The number of carbonyl (C=O) groups is 1. The first kappa shape index (κ1) is 14.5. The van der Waals surface area contributed by atoms with Crippen LogP contribution in [0.5, 0.6) is 0 Å². The van der Waals surface area contributed by atoms with E-state index in [-0.39, 0.29) is 17.0 Å². The molecule has 106 valence electrons. The molecule has 1 aromatic carbocycles. The molecule has 2 rings (SSSR count). The number of benzene rings is 1. The third kappa shape index (κ3) is 3.77. The molecule has 1 atom stereocenters. The summed E-state index contributed by atoms with van der Waals surface area (Å²) in [7, 11) is 0. The Morgan fingerprint density at radius 2 is 2.30 bits per heavy atom. The van der Waals surface area contributed by atoms with Gasteiger partial charge in [-0.1, -0.05) is 0 Å². The number of furan rings is 1. The van der Waals surface area contributed by atoms with Crippen molar-refractivity contribution in [3.63, 3.8) is 0 Å². The molecule has 1 amide bonds. The first-order valence-electron chi connectivity index (χ1n) is 6.08. The van der Waals surface area contributed by atoms with Gasteiger partial charge in [0.15, 0.2) is 0 Å². The van der Waals surface area contributed by atoms with Crippen LogP contribution in [0.15, 0.2) is 45.9 Å². The number of nitrogen functional groups attached to an aromatic ring is 1. The van der Waals surface area contributed by atoms with E-state index >= 15 is 0 Å². The van der Waals surface area contributed by atoms with E-state index in [1.807, 2.05) is 0 Å². The third-order valence-corrected chi connectivity index (χ3v) is 3.86. The van der Waals surface area contributed by atoms with Crippen molar-refractivity contribution in [2.75, 3.05) is 5.73 Å². The van der Waals surface area contributed by atoms with Gasteiger partial charge in [0.2, 0.25) is 5.91 Å². The number of hydrogen-bond donors (Lipinski definition) is 2. The van der Waals surface area contributed by atoms with Crippen molar-refractivity contribution >= 4 is 23.4 Å². The molecule has 1 unspecified atom stereocenters. The lowest BCUT2D eigenvalue weighted by Crippen LogP contribution is -2.30. The van der Waals surface area contributed by atoms with Gasteiger partial charge in [-0.25, -0.2) is 4.39 Å². The summed E-state index contributed by atoms with van der Waals surface area (Å²) in [5.74, 6) is 0.175. The maximum atomic E-state index is 12.9. The molecule has 1 aromatic heterocycles. The number of anilines is 1. The quantitative estimate of drug-likeness (QED) is 0.657. The molecule has 1 heterocycles. The second kappa shape index (κ2) is 6.47. The first-order chi connectivity index (χ1) is 9.56. The Hall–Kier alpha value is -1.95. The number of halogens is 1. The van der Waals surface area contributed by atoms with E-state index in [0.717, 1.165) is 0 Å². The highest BCUT2D eigenvalue weighted by Gasteiger charge is 2.16. The molecule has 0 radical (unpaired) electrons. The van der Waals surface area contributed by atoms with Gasteiger partial charge in [-0.2, -0.15) is 0 Å². The maximum Gasteiger partial charge on any atom is 0.233 e. The zero-order valence-electron chi connectivity index (χ0n) is 10.9. The highest BCUT2D eigenvalue weighted by molar-refractivity contribution is 8.00. The van der Waals surface area contributed by atoms with Gasteiger partial charge in [-0.3, -0.25) is 4.79 Å². The molecule has 4 nitrogen and oxygen atoms in total. The van der Waals surface area contributed by atoms with Gasteiger partial charge in [0.25, 0.3) is 0 Å². The molecule has 2 aromatic rings. The summed E-state index contributed by atoms with van der Waals surface area (Å²) >= 11 is 1.29. The molecule has 0 spiro atoms. The number of hydrogen-bond acceptors (Lipinski definition) is 4. The van der Waals surface area contributed by atoms with Crippen LogP contribution in [0.1, 0.15) is 12.7 Å². The lowest BCUT2D eigenvalue weighted by atomic mass is 10.3. The van der Waals surface area contributed by atoms with Crippen molar-refractivity contribution in [3.05, 3.63) is 48.2 Å². The molecule has 0 saturated heterocycles. The van der Waals surface area contributed by atoms with Crippen molar-refractivity contribution < 1.29 is 13.6 Å². The predicted octanol–water partition coefficient (Wildman–Crippen LogP) is 2.80. The summed E-state index contributed by atoms with van der Waals surface area (Å²) in [6.07, 6.45) is 1.55. The molecule has 0 saturated carbocycles. The van der Waals surface area contributed by atoms with E-state index in [9.17, 15) is 9.18 Å². The minimum absolute atomic E-state index is 0.130. The zero-order chi connectivity index (χ0) is 14.5. The lowest BCUT2D eigenvalue weighted by Gasteiger charge is -2.12. The molecule has 20 heavy (non-hydrogen) atoms. The van der Waals surface area contributed by atoms with E-state index in [1.165, 1.54) is 23.9 Å². The van der Waals surface area contributed by atoms with Crippen LogP contribution in [0.3, 0.4) is 0 Å². The Bertz CT molecular complexity index is 587. The predicted molar refractivity (Wildman–Crippen MR) is 76.7 cm³/mol. The van der Waals surface area contributed by atoms with E-state index in [2.05, 4.69) is 5.32 Å². The zero-order valence-corrected chi connectivity index (χ0v) is 11.7. The van der Waals surface area contributed by atoms with Crippen LogP contribution < -0.4 is 11.1 Å². The fourth-order valence-corrected chi connectivity index (χ4v) is 2.51. The monoisotopic (exact) mass is 294 g/mol. The Morgan fingerprint density at radius 3 is 2.95 bits per heavy atom. The van der Waals surface area contributed by atoms with Crippen molar-refractivity contribution in [3.8, 4) is 0 Å². The number of nitrogens with one attached hydrogen (secondary N) is 1. The number of thioether (sulfide) groups is 1. The average Bonchev–Trinajstić information content (AvgIpc) is 2.92. The average molecular weight is 294 g/mol. The molecular weight excluding hydrogens is 279 g/mol. The van der Waals surface area contributed by atoms with Gasteiger partial charge >= 0.3 is 0 Å². The lowest BCUT2D eigenvalue weighted by molar-refractivity contribution is -0.120. The molecular formula is C14H15FN2O2S. The van der Waals surface area contributed by atoms with Crippen LogP contribution in [-0.2, 0) is 11.3 Å². The molecule has 0 aliphatic rings. The number of nitrogens with two attached hydrogens (primary N) is 1. The maximum absolute atomic E-state index is 12.9. The minimum Gasteiger partial charge on any atom is -0.467 e. The SMILES string of the molecule is CC(Sc1ccc(F)cc1N)C(=O)NCc1ccco1. The van der Waals surface area contributed by atoms with Crippen LogP contribution in [-0.4, -0.2) is 11.2 Å². The minimum atomic E-state index is -0.387. The Morgan fingerprint density at radius 1 is 1.50 bits per heavy atom. The van der Waals surface area contributed by atoms with Crippen molar-refractivity contribution in [1.82, 2.24) is 5.32 Å². The largest absolute Gasteiger partial charge is 0.467 e. The molecule has 0 aliphatic heterocycles. The Labute approximate surface area is 120 Å². The summed E-state index contributed by atoms with van der Waals surface area (Å²) in [4.78, 5) is 12.6. The standard InChI is InChI=1S/C14H15FN2O2S/c1-9(14(18)17-8-11-3-2-6-19-11)20-13-5-4-10(15)7-12(13)16/h2-7,9H,8,16H2,1H3,(H,17,18). The summed E-state index contributed by atoms with van der Waals surface area (Å²) in [6, 6.07) is 7.70. The summed E-state index contributed by atoms with van der Waals surface area (Å²) < 4.78 is 18.1. The molecule has 0 aliphatic carbocycles. The van der Waals surface area contributed by atoms with Crippen molar-refractivity contribution in [1.29, 1.82) is 0 Å². The van der Waals surface area contributed by atoms with Gasteiger partial charge in [-0.05, 0) is 37.3 Å². The van der Waals surface area contributed by atoms with Crippen LogP contribution >= 0.6 is 11.8 Å². The van der Waals surface area contributed by atoms with E-state index in [0.29, 0.717) is 22.9 Å². The Balaban J connectivity index is 1.90. The van der Waals surface area contributed by atoms with Crippen LogP contribution in [0.2, 0.25) is 0 Å². The molecule has 0 bridgehead atoms. The number of rotatable bonds is 5. The van der Waals surface area contributed by atoms with Crippen molar-refractivity contribution in [2.24, 2.45) is 0 Å². The fourth-order valence-electron chi connectivity index (χ4n) is 1.60. The highest BCUT2D eigenvalue weighted by Crippen LogP contribution is 2.29. The molecule has 0 fully saturated rings. The van der Waals surface area contributed by atoms with Crippen LogP contribution in [0.4, 0.5) is 10.1 Å². The second-order valence-electron chi connectivity index (χ2n) is 4.24. The van der Waals surface area contributed by atoms with Gasteiger partial charge in [0, 0.05) is 10.6 Å². The number of carbonyl (C=O) groups excluding carboxylic acids is 1. The van der Waals surface area contributed by atoms with Crippen molar-refractivity contribution in [2.45, 2.75) is 23.6 Å². The highest BCUT2D eigenvalue weighted by atomic mass is 32.2. The molecule has 6 heteroatoms. The van der Waals surface area contributed by atoms with Crippen LogP contribution in [0, 0.1) is 5.82 Å². The van der Waals surface area contributed by atoms with Gasteiger partial charge in [0.05, 0.1) is 18.1 Å². The van der Waals surface area contributed by atoms with Crippen LogP contribution in [0.25, 0.3) is 0 Å².